The van der Waals surface area contributed by atoms with Crippen molar-refractivity contribution in [3.8, 4) is 0 Å². The molecule has 0 spiro atoms. The molecule has 1 aromatic carbocycles. The first kappa shape index (κ1) is 17.5. The molecule has 3 rings (SSSR count). The van der Waals surface area contributed by atoms with Gasteiger partial charge in [-0.15, -0.1) is 0 Å². The fourth-order valence-corrected chi connectivity index (χ4v) is 3.37. The van der Waals surface area contributed by atoms with Crippen molar-refractivity contribution in [2.45, 2.75) is 44.9 Å². The van der Waals surface area contributed by atoms with Crippen LogP contribution in [-0.4, -0.2) is 39.1 Å². The Labute approximate surface area is 149 Å². The number of carbonyl (C=O) groups is 1. The fourth-order valence-electron chi connectivity index (χ4n) is 3.37. The highest BCUT2D eigenvalue weighted by Gasteiger charge is 2.26. The molecule has 6 nitrogen and oxygen atoms in total. The minimum absolute atomic E-state index is 0.114. The minimum atomic E-state index is -0.114. The molecule has 2 amide bonds. The summed E-state index contributed by atoms with van der Waals surface area (Å²) in [5.74, 6) is 0.848. The Morgan fingerprint density at radius 2 is 2.12 bits per heavy atom. The number of hydrogen-bond donors (Lipinski definition) is 2. The molecule has 1 fully saturated rings. The van der Waals surface area contributed by atoms with Gasteiger partial charge in [0.05, 0.1) is 6.54 Å². The molecule has 1 saturated heterocycles. The van der Waals surface area contributed by atoms with Crippen molar-refractivity contribution in [1.29, 1.82) is 0 Å². The standard InChI is InChI=1S/C19H27N5O/c1-15-12-17(8-10-24(15)14-16-6-4-3-5-7-16)22-19(25)21-13-18-20-9-11-23(18)2/h3-7,9,11,15,17H,8,10,12-14H2,1-2H3,(H2,21,22,25). The second-order valence-corrected chi connectivity index (χ2v) is 6.81. The van der Waals surface area contributed by atoms with Crippen LogP contribution in [0.2, 0.25) is 0 Å². The summed E-state index contributed by atoms with van der Waals surface area (Å²) in [4.78, 5) is 18.8. The van der Waals surface area contributed by atoms with Crippen molar-refractivity contribution in [1.82, 2.24) is 25.1 Å². The van der Waals surface area contributed by atoms with E-state index in [-0.39, 0.29) is 12.1 Å². The Morgan fingerprint density at radius 3 is 2.80 bits per heavy atom. The lowest BCUT2D eigenvalue weighted by molar-refractivity contribution is 0.130. The van der Waals surface area contributed by atoms with Crippen molar-refractivity contribution in [3.05, 3.63) is 54.1 Å². The average molecular weight is 341 g/mol. The van der Waals surface area contributed by atoms with Gasteiger partial charge in [0, 0.05) is 44.6 Å². The first-order valence-electron chi connectivity index (χ1n) is 8.90. The number of urea groups is 1. The first-order valence-corrected chi connectivity index (χ1v) is 8.90. The molecule has 0 aliphatic carbocycles. The molecule has 134 valence electrons. The summed E-state index contributed by atoms with van der Waals surface area (Å²) >= 11 is 0. The Morgan fingerprint density at radius 1 is 1.32 bits per heavy atom. The zero-order valence-electron chi connectivity index (χ0n) is 15.0. The lowest BCUT2D eigenvalue weighted by atomic mass is 9.97. The van der Waals surface area contributed by atoms with Crippen molar-refractivity contribution in [2.24, 2.45) is 7.05 Å². The minimum Gasteiger partial charge on any atom is -0.337 e. The molecule has 0 saturated carbocycles. The van der Waals surface area contributed by atoms with E-state index in [0.29, 0.717) is 12.6 Å². The van der Waals surface area contributed by atoms with E-state index in [1.807, 2.05) is 23.9 Å². The molecular weight excluding hydrogens is 314 g/mol. The molecule has 2 heterocycles. The number of benzene rings is 1. The smallest absolute Gasteiger partial charge is 0.315 e. The summed E-state index contributed by atoms with van der Waals surface area (Å²) in [6.45, 7) is 4.65. The SMILES string of the molecule is CC1CC(NC(=O)NCc2nccn2C)CCN1Cc1ccccc1. The summed E-state index contributed by atoms with van der Waals surface area (Å²) in [5, 5.41) is 5.99. The molecule has 2 atom stereocenters. The van der Waals surface area contributed by atoms with Gasteiger partial charge < -0.3 is 15.2 Å². The third kappa shape index (κ3) is 4.82. The number of rotatable bonds is 5. The van der Waals surface area contributed by atoms with Crippen LogP contribution in [0.15, 0.2) is 42.7 Å². The largest absolute Gasteiger partial charge is 0.337 e. The Kier molecular flexibility index (Phi) is 5.71. The highest BCUT2D eigenvalue weighted by molar-refractivity contribution is 5.74. The number of nitrogens with one attached hydrogen (secondary N) is 2. The second kappa shape index (κ2) is 8.16. The van der Waals surface area contributed by atoms with Crippen LogP contribution in [0.3, 0.4) is 0 Å². The monoisotopic (exact) mass is 341 g/mol. The topological polar surface area (TPSA) is 62.2 Å². The van der Waals surface area contributed by atoms with Gasteiger partial charge in [-0.1, -0.05) is 30.3 Å². The lowest BCUT2D eigenvalue weighted by Crippen LogP contribution is -2.50. The number of amides is 2. The van der Waals surface area contributed by atoms with Crippen LogP contribution in [-0.2, 0) is 20.1 Å². The molecule has 2 aromatic rings. The van der Waals surface area contributed by atoms with E-state index in [4.69, 9.17) is 0 Å². The quantitative estimate of drug-likeness (QED) is 0.877. The lowest BCUT2D eigenvalue weighted by Gasteiger charge is -2.38. The van der Waals surface area contributed by atoms with E-state index in [9.17, 15) is 4.79 Å². The Bertz CT molecular complexity index is 684. The molecule has 0 radical (unpaired) electrons. The summed E-state index contributed by atoms with van der Waals surface area (Å²) in [6, 6.07) is 11.1. The molecule has 1 aliphatic heterocycles. The summed E-state index contributed by atoms with van der Waals surface area (Å²) in [6.07, 6.45) is 5.56. The maximum Gasteiger partial charge on any atom is 0.315 e. The maximum atomic E-state index is 12.1. The van der Waals surface area contributed by atoms with Gasteiger partial charge in [0.1, 0.15) is 5.82 Å². The highest BCUT2D eigenvalue weighted by Crippen LogP contribution is 2.19. The predicted molar refractivity (Wildman–Crippen MR) is 97.9 cm³/mol. The zero-order valence-corrected chi connectivity index (χ0v) is 15.0. The summed E-state index contributed by atoms with van der Waals surface area (Å²) in [7, 11) is 1.92. The van der Waals surface area contributed by atoms with E-state index < -0.39 is 0 Å². The molecule has 1 aliphatic rings. The Hall–Kier alpha value is -2.34. The summed E-state index contributed by atoms with van der Waals surface area (Å²) in [5.41, 5.74) is 1.34. The van der Waals surface area contributed by atoms with E-state index in [0.717, 1.165) is 31.8 Å². The van der Waals surface area contributed by atoms with Gasteiger partial charge in [0.2, 0.25) is 0 Å². The van der Waals surface area contributed by atoms with Crippen LogP contribution in [0.1, 0.15) is 31.2 Å². The molecule has 2 unspecified atom stereocenters. The van der Waals surface area contributed by atoms with E-state index in [1.165, 1.54) is 5.56 Å². The number of likely N-dealkylation sites (tertiary alicyclic amines) is 1. The molecular formula is C19H27N5O. The molecule has 1 aromatic heterocycles. The van der Waals surface area contributed by atoms with Gasteiger partial charge in [0.25, 0.3) is 0 Å². The number of carbonyl (C=O) groups excluding carboxylic acids is 1. The van der Waals surface area contributed by atoms with Gasteiger partial charge in [-0.05, 0) is 25.3 Å². The zero-order chi connectivity index (χ0) is 17.6. The maximum absolute atomic E-state index is 12.1. The third-order valence-electron chi connectivity index (χ3n) is 4.91. The molecule has 0 bridgehead atoms. The van der Waals surface area contributed by atoms with Gasteiger partial charge >= 0.3 is 6.03 Å². The van der Waals surface area contributed by atoms with Gasteiger partial charge in [0.15, 0.2) is 0 Å². The third-order valence-corrected chi connectivity index (χ3v) is 4.91. The van der Waals surface area contributed by atoms with Crippen LogP contribution in [0.25, 0.3) is 0 Å². The van der Waals surface area contributed by atoms with Crippen molar-refractivity contribution in [2.75, 3.05) is 6.54 Å². The van der Waals surface area contributed by atoms with Crippen LogP contribution < -0.4 is 10.6 Å². The number of hydrogen-bond acceptors (Lipinski definition) is 3. The normalized spacial score (nSPS) is 21.0. The van der Waals surface area contributed by atoms with Crippen molar-refractivity contribution in [3.63, 3.8) is 0 Å². The van der Waals surface area contributed by atoms with Crippen molar-refractivity contribution < 1.29 is 4.79 Å². The summed E-state index contributed by atoms with van der Waals surface area (Å²) < 4.78 is 1.91. The second-order valence-electron chi connectivity index (χ2n) is 6.81. The number of nitrogens with zero attached hydrogens (tertiary/aromatic N) is 3. The van der Waals surface area contributed by atoms with Crippen LogP contribution >= 0.6 is 0 Å². The number of piperidine rings is 1. The molecule has 2 N–H and O–H groups in total. The Balaban J connectivity index is 1.43. The number of aryl methyl sites for hydroxylation is 1. The number of imidazole rings is 1. The van der Waals surface area contributed by atoms with Gasteiger partial charge in [-0.2, -0.15) is 0 Å². The average Bonchev–Trinajstić information content (AvgIpc) is 3.01. The highest BCUT2D eigenvalue weighted by atomic mass is 16.2. The van der Waals surface area contributed by atoms with Crippen molar-refractivity contribution >= 4 is 6.03 Å². The van der Waals surface area contributed by atoms with Gasteiger partial charge in [-0.3, -0.25) is 4.90 Å². The van der Waals surface area contributed by atoms with E-state index in [1.54, 1.807) is 6.20 Å². The fraction of sp³-hybridized carbons (Fsp3) is 0.474. The first-order chi connectivity index (χ1) is 12.1. The number of aromatic nitrogens is 2. The van der Waals surface area contributed by atoms with E-state index in [2.05, 4.69) is 51.7 Å². The van der Waals surface area contributed by atoms with Gasteiger partial charge in [-0.25, -0.2) is 9.78 Å². The predicted octanol–water partition coefficient (Wildman–Crippen LogP) is 2.27. The molecule has 6 heteroatoms. The van der Waals surface area contributed by atoms with Crippen LogP contribution in [0.4, 0.5) is 4.79 Å². The van der Waals surface area contributed by atoms with Crippen LogP contribution in [0, 0.1) is 0 Å². The molecule has 25 heavy (non-hydrogen) atoms. The van der Waals surface area contributed by atoms with Crippen LogP contribution in [0.5, 0.6) is 0 Å². The van der Waals surface area contributed by atoms with E-state index >= 15 is 0 Å².